The summed E-state index contributed by atoms with van der Waals surface area (Å²) < 4.78 is 11.1. The van der Waals surface area contributed by atoms with E-state index < -0.39 is 0 Å². The van der Waals surface area contributed by atoms with E-state index in [-0.39, 0.29) is 12.1 Å². The molecule has 0 bridgehead atoms. The van der Waals surface area contributed by atoms with Crippen LogP contribution in [0.1, 0.15) is 194 Å². The van der Waals surface area contributed by atoms with Crippen molar-refractivity contribution in [3.63, 3.8) is 0 Å². The lowest BCUT2D eigenvalue weighted by Crippen LogP contribution is -2.03. The molecular formula is C36H66O3. The van der Waals surface area contributed by atoms with E-state index in [0.717, 1.165) is 18.4 Å². The molecule has 0 saturated carbocycles. The third-order valence-corrected chi connectivity index (χ3v) is 8.96. The van der Waals surface area contributed by atoms with Gasteiger partial charge in [-0.05, 0) is 38.7 Å². The number of rotatable bonds is 29. The van der Waals surface area contributed by atoms with Crippen LogP contribution in [0.15, 0.2) is 11.6 Å². The summed E-state index contributed by atoms with van der Waals surface area (Å²) in [6.45, 7) is 4.23. The smallest absolute Gasteiger partial charge is 0.334 e. The van der Waals surface area contributed by atoms with E-state index in [1.807, 2.05) is 13.0 Å². The molecule has 0 N–H and O–H groups in total. The van der Waals surface area contributed by atoms with Crippen LogP contribution in [0.2, 0.25) is 0 Å². The van der Waals surface area contributed by atoms with Crippen molar-refractivity contribution < 1.29 is 14.3 Å². The fraction of sp³-hybridized carbons (Fsp3) is 0.917. The monoisotopic (exact) mass is 547 g/mol. The van der Waals surface area contributed by atoms with E-state index in [1.165, 1.54) is 167 Å². The molecule has 2 aliphatic rings. The van der Waals surface area contributed by atoms with Crippen LogP contribution in [-0.2, 0) is 14.3 Å². The molecule has 1 fully saturated rings. The molecule has 0 radical (unpaired) electrons. The average Bonchev–Trinajstić information content (AvgIpc) is 3.59. The number of carbonyl (C=O) groups is 1. The van der Waals surface area contributed by atoms with Gasteiger partial charge in [-0.15, -0.1) is 0 Å². The van der Waals surface area contributed by atoms with Gasteiger partial charge in [0, 0.05) is 5.57 Å². The molecule has 3 heteroatoms. The van der Waals surface area contributed by atoms with Crippen LogP contribution in [0, 0.1) is 0 Å². The number of ether oxygens (including phenoxy) is 2. The standard InChI is InChI=1S/C36H66O3/c1-3-4-5-6-7-8-9-14-17-20-23-26-29-34-35(39-34)30-27-24-21-18-15-12-10-11-13-16-19-22-25-28-33-31-32(2)38-36(33)37/h31-32,34-35H,3-30H2,1-2H3/t32-,34-,35-/m1/s1. The Morgan fingerprint density at radius 1 is 0.538 bits per heavy atom. The molecule has 228 valence electrons. The van der Waals surface area contributed by atoms with Crippen molar-refractivity contribution in [1.82, 2.24) is 0 Å². The Morgan fingerprint density at radius 3 is 1.26 bits per heavy atom. The summed E-state index contributed by atoms with van der Waals surface area (Å²) in [4.78, 5) is 11.6. The second kappa shape index (κ2) is 23.8. The first-order valence-electron chi connectivity index (χ1n) is 17.8. The van der Waals surface area contributed by atoms with Gasteiger partial charge in [0.2, 0.25) is 0 Å². The number of hydrogen-bond acceptors (Lipinski definition) is 3. The highest BCUT2D eigenvalue weighted by Crippen LogP contribution is 2.32. The van der Waals surface area contributed by atoms with E-state index >= 15 is 0 Å². The molecule has 0 amide bonds. The fourth-order valence-corrected chi connectivity index (χ4v) is 6.29. The number of esters is 1. The van der Waals surface area contributed by atoms with E-state index in [0.29, 0.717) is 12.2 Å². The molecule has 0 spiro atoms. The van der Waals surface area contributed by atoms with Crippen molar-refractivity contribution in [2.24, 2.45) is 0 Å². The maximum atomic E-state index is 11.6. The quantitative estimate of drug-likeness (QED) is 0.0532. The lowest BCUT2D eigenvalue weighted by molar-refractivity contribution is -0.139. The zero-order chi connectivity index (χ0) is 27.8. The van der Waals surface area contributed by atoms with Gasteiger partial charge in [-0.25, -0.2) is 4.79 Å². The average molecular weight is 547 g/mol. The van der Waals surface area contributed by atoms with Gasteiger partial charge in [0.15, 0.2) is 0 Å². The predicted octanol–water partition coefficient (Wildman–Crippen LogP) is 11.6. The maximum absolute atomic E-state index is 11.6. The highest BCUT2D eigenvalue weighted by atomic mass is 16.6. The molecule has 1 saturated heterocycles. The van der Waals surface area contributed by atoms with E-state index in [1.54, 1.807) is 0 Å². The van der Waals surface area contributed by atoms with Gasteiger partial charge in [0.25, 0.3) is 0 Å². The Hall–Kier alpha value is -0.830. The lowest BCUT2D eigenvalue weighted by Gasteiger charge is -2.04. The topological polar surface area (TPSA) is 38.8 Å². The van der Waals surface area contributed by atoms with Gasteiger partial charge in [-0.3, -0.25) is 0 Å². The summed E-state index contributed by atoms with van der Waals surface area (Å²) in [5.74, 6) is -0.0895. The summed E-state index contributed by atoms with van der Waals surface area (Å²) >= 11 is 0. The van der Waals surface area contributed by atoms with Crippen LogP contribution in [0.4, 0.5) is 0 Å². The molecule has 2 aliphatic heterocycles. The van der Waals surface area contributed by atoms with Gasteiger partial charge in [0.1, 0.15) is 6.10 Å². The molecule has 0 aromatic carbocycles. The summed E-state index contributed by atoms with van der Waals surface area (Å²) in [5.41, 5.74) is 0.901. The minimum Gasteiger partial charge on any atom is -0.455 e. The predicted molar refractivity (Wildman–Crippen MR) is 167 cm³/mol. The van der Waals surface area contributed by atoms with Crippen molar-refractivity contribution in [2.75, 3.05) is 0 Å². The SMILES string of the molecule is CCCCCCCCCCCCCC[C@H]1O[C@@H]1CCCCCCCCCCCCCCCC1=C[C@@H](C)OC1=O. The van der Waals surface area contributed by atoms with Gasteiger partial charge in [-0.1, -0.05) is 161 Å². The minimum atomic E-state index is -0.0895. The molecular weight excluding hydrogens is 480 g/mol. The Labute approximate surface area is 243 Å². The Balaban J connectivity index is 1.20. The van der Waals surface area contributed by atoms with Gasteiger partial charge in [0.05, 0.1) is 12.2 Å². The van der Waals surface area contributed by atoms with Crippen molar-refractivity contribution in [1.29, 1.82) is 0 Å². The molecule has 3 nitrogen and oxygen atoms in total. The number of hydrogen-bond donors (Lipinski definition) is 0. The van der Waals surface area contributed by atoms with Gasteiger partial charge >= 0.3 is 5.97 Å². The molecule has 0 aliphatic carbocycles. The Morgan fingerprint density at radius 2 is 0.897 bits per heavy atom. The van der Waals surface area contributed by atoms with Crippen molar-refractivity contribution in [3.8, 4) is 0 Å². The first-order valence-corrected chi connectivity index (χ1v) is 17.8. The Bertz CT molecular complexity index is 612. The molecule has 0 unspecified atom stereocenters. The lowest BCUT2D eigenvalue weighted by atomic mass is 10.0. The zero-order valence-electron chi connectivity index (χ0n) is 26.3. The highest BCUT2D eigenvalue weighted by Gasteiger charge is 2.36. The zero-order valence-corrected chi connectivity index (χ0v) is 26.3. The largest absolute Gasteiger partial charge is 0.455 e. The summed E-state index contributed by atoms with van der Waals surface area (Å²) in [7, 11) is 0. The van der Waals surface area contributed by atoms with Crippen molar-refractivity contribution in [3.05, 3.63) is 11.6 Å². The van der Waals surface area contributed by atoms with Crippen molar-refractivity contribution in [2.45, 2.75) is 212 Å². The molecule has 2 rings (SSSR count). The summed E-state index contributed by atoms with van der Waals surface area (Å²) in [6, 6.07) is 0. The van der Waals surface area contributed by atoms with E-state index in [4.69, 9.17) is 9.47 Å². The molecule has 2 heterocycles. The first kappa shape index (κ1) is 34.4. The second-order valence-corrected chi connectivity index (χ2v) is 12.8. The first-order chi connectivity index (χ1) is 19.2. The summed E-state index contributed by atoms with van der Waals surface area (Å²) in [6.07, 6.45) is 41.6. The van der Waals surface area contributed by atoms with E-state index in [2.05, 4.69) is 6.92 Å². The maximum Gasteiger partial charge on any atom is 0.334 e. The fourth-order valence-electron chi connectivity index (χ4n) is 6.29. The van der Waals surface area contributed by atoms with Crippen LogP contribution in [0.3, 0.4) is 0 Å². The molecule has 39 heavy (non-hydrogen) atoms. The summed E-state index contributed by atoms with van der Waals surface area (Å²) in [5, 5.41) is 0. The third-order valence-electron chi connectivity index (χ3n) is 8.96. The van der Waals surface area contributed by atoms with Crippen LogP contribution < -0.4 is 0 Å². The number of carbonyl (C=O) groups excluding carboxylic acids is 1. The molecule has 0 aromatic rings. The van der Waals surface area contributed by atoms with Crippen LogP contribution in [-0.4, -0.2) is 24.3 Å². The second-order valence-electron chi connectivity index (χ2n) is 12.8. The minimum absolute atomic E-state index is 0.0174. The molecule has 3 atom stereocenters. The van der Waals surface area contributed by atoms with Crippen molar-refractivity contribution >= 4 is 5.97 Å². The van der Waals surface area contributed by atoms with Crippen LogP contribution >= 0.6 is 0 Å². The number of unbranched alkanes of at least 4 members (excludes halogenated alkanes) is 23. The highest BCUT2D eigenvalue weighted by molar-refractivity contribution is 5.90. The third kappa shape index (κ3) is 19.0. The van der Waals surface area contributed by atoms with E-state index in [9.17, 15) is 4.79 Å². The number of cyclic esters (lactones) is 1. The van der Waals surface area contributed by atoms with Gasteiger partial charge in [-0.2, -0.15) is 0 Å². The number of epoxide rings is 1. The Kier molecular flexibility index (Phi) is 21.0. The van der Waals surface area contributed by atoms with Crippen LogP contribution in [0.25, 0.3) is 0 Å². The van der Waals surface area contributed by atoms with Gasteiger partial charge < -0.3 is 9.47 Å². The molecule has 0 aromatic heterocycles. The van der Waals surface area contributed by atoms with Crippen LogP contribution in [0.5, 0.6) is 0 Å². The normalized spacial score (nSPS) is 20.4.